The lowest BCUT2D eigenvalue weighted by molar-refractivity contribution is -0.115. The molecule has 4 aromatic carbocycles. The van der Waals surface area contributed by atoms with Crippen molar-refractivity contribution in [2.45, 2.75) is 6.42 Å². The van der Waals surface area contributed by atoms with Crippen LogP contribution in [0.3, 0.4) is 0 Å². The Hall–Kier alpha value is -3.60. The minimum absolute atomic E-state index is 0.118. The van der Waals surface area contributed by atoms with Crippen molar-refractivity contribution < 1.29 is 9.59 Å². The number of amides is 2. The zero-order valence-electron chi connectivity index (χ0n) is 17.5. The fourth-order valence-corrected chi connectivity index (χ4v) is 3.84. The Morgan fingerprint density at radius 3 is 1.91 bits per heavy atom. The summed E-state index contributed by atoms with van der Waals surface area (Å²) in [4.78, 5) is 24.9. The Balaban J connectivity index is 1.33. The molecule has 164 valence electrons. The standard InChI is InChI=1S/C27H20Cl2N2O2/c28-21-10-15-24(25(29)17-21)27(33)31-23-13-11-22(12-14-23)30-26(32)16-18-6-8-20(9-7-18)19-4-2-1-3-5-19/h1-15,17H,16H2,(H,30,32)(H,31,33). The molecule has 6 heteroatoms. The molecular weight excluding hydrogens is 455 g/mol. The van der Waals surface area contributed by atoms with Crippen LogP contribution in [0, 0.1) is 0 Å². The highest BCUT2D eigenvalue weighted by Crippen LogP contribution is 2.23. The third-order valence-corrected chi connectivity index (χ3v) is 5.58. The SMILES string of the molecule is O=C(Cc1ccc(-c2ccccc2)cc1)Nc1ccc(NC(=O)c2ccc(Cl)cc2Cl)cc1. The van der Waals surface area contributed by atoms with Crippen LogP contribution in [0.25, 0.3) is 11.1 Å². The Kier molecular flexibility index (Phi) is 7.08. The van der Waals surface area contributed by atoms with Gasteiger partial charge in [-0.25, -0.2) is 0 Å². The highest BCUT2D eigenvalue weighted by molar-refractivity contribution is 6.37. The van der Waals surface area contributed by atoms with Crippen LogP contribution in [0.15, 0.2) is 97.1 Å². The molecule has 0 aliphatic carbocycles. The van der Waals surface area contributed by atoms with E-state index in [1.165, 1.54) is 6.07 Å². The lowest BCUT2D eigenvalue weighted by Gasteiger charge is -2.09. The van der Waals surface area contributed by atoms with Crippen LogP contribution in [0.1, 0.15) is 15.9 Å². The lowest BCUT2D eigenvalue weighted by atomic mass is 10.0. The van der Waals surface area contributed by atoms with E-state index >= 15 is 0 Å². The summed E-state index contributed by atoms with van der Waals surface area (Å²) in [5.41, 5.74) is 4.73. The van der Waals surface area contributed by atoms with E-state index in [2.05, 4.69) is 22.8 Å². The number of carbonyl (C=O) groups excluding carboxylic acids is 2. The van der Waals surface area contributed by atoms with Crippen molar-refractivity contribution in [1.29, 1.82) is 0 Å². The van der Waals surface area contributed by atoms with Gasteiger partial charge in [0.25, 0.3) is 5.91 Å². The first-order chi connectivity index (χ1) is 16.0. The fraction of sp³-hybridized carbons (Fsp3) is 0.0370. The molecule has 0 radical (unpaired) electrons. The summed E-state index contributed by atoms with van der Waals surface area (Å²) in [5, 5.41) is 6.40. The molecule has 0 heterocycles. The molecule has 0 spiro atoms. The molecule has 0 atom stereocenters. The average molecular weight is 475 g/mol. The number of carbonyl (C=O) groups is 2. The van der Waals surface area contributed by atoms with Crippen molar-refractivity contribution in [2.24, 2.45) is 0 Å². The second kappa shape index (κ2) is 10.3. The Bertz CT molecular complexity index is 1270. The first-order valence-corrected chi connectivity index (χ1v) is 11.0. The predicted octanol–water partition coefficient (Wildman–Crippen LogP) is 7.09. The first-order valence-electron chi connectivity index (χ1n) is 10.3. The van der Waals surface area contributed by atoms with E-state index in [-0.39, 0.29) is 23.3 Å². The highest BCUT2D eigenvalue weighted by Gasteiger charge is 2.11. The van der Waals surface area contributed by atoms with Crippen LogP contribution in [0.2, 0.25) is 10.0 Å². The molecule has 2 N–H and O–H groups in total. The molecule has 4 rings (SSSR count). The second-order valence-electron chi connectivity index (χ2n) is 7.44. The first kappa shape index (κ1) is 22.6. The van der Waals surface area contributed by atoms with E-state index in [0.29, 0.717) is 22.0 Å². The quantitative estimate of drug-likeness (QED) is 0.313. The monoisotopic (exact) mass is 474 g/mol. The molecule has 0 saturated carbocycles. The molecule has 4 aromatic rings. The Labute approximate surface area is 202 Å². The molecule has 4 nitrogen and oxygen atoms in total. The minimum atomic E-state index is -0.340. The number of hydrogen-bond acceptors (Lipinski definition) is 2. The van der Waals surface area contributed by atoms with Gasteiger partial charge in [0.1, 0.15) is 0 Å². The molecule has 0 aliphatic heterocycles. The fourth-order valence-electron chi connectivity index (χ4n) is 3.35. The van der Waals surface area contributed by atoms with Crippen LogP contribution in [0.5, 0.6) is 0 Å². The summed E-state index contributed by atoms with van der Waals surface area (Å²) >= 11 is 12.0. The van der Waals surface area contributed by atoms with Crippen molar-refractivity contribution in [1.82, 2.24) is 0 Å². The van der Waals surface area contributed by atoms with Crippen molar-refractivity contribution in [3.05, 3.63) is 118 Å². The van der Waals surface area contributed by atoms with Gasteiger partial charge in [-0.1, -0.05) is 77.8 Å². The van der Waals surface area contributed by atoms with Crippen molar-refractivity contribution >= 4 is 46.4 Å². The van der Waals surface area contributed by atoms with E-state index in [1.807, 2.05) is 42.5 Å². The molecule has 0 aliphatic rings. The smallest absolute Gasteiger partial charge is 0.257 e. The number of benzene rings is 4. The van der Waals surface area contributed by atoms with E-state index in [9.17, 15) is 9.59 Å². The van der Waals surface area contributed by atoms with Crippen LogP contribution in [-0.4, -0.2) is 11.8 Å². The van der Waals surface area contributed by atoms with Crippen LogP contribution in [0.4, 0.5) is 11.4 Å². The van der Waals surface area contributed by atoms with E-state index < -0.39 is 0 Å². The molecule has 0 bridgehead atoms. The van der Waals surface area contributed by atoms with Gasteiger partial charge in [0.2, 0.25) is 5.91 Å². The zero-order chi connectivity index (χ0) is 23.2. The molecule has 2 amide bonds. The summed E-state index contributed by atoms with van der Waals surface area (Å²) in [7, 11) is 0. The van der Waals surface area contributed by atoms with Crippen molar-refractivity contribution in [3.63, 3.8) is 0 Å². The van der Waals surface area contributed by atoms with Crippen LogP contribution < -0.4 is 10.6 Å². The Morgan fingerprint density at radius 1 is 0.667 bits per heavy atom. The highest BCUT2D eigenvalue weighted by atomic mass is 35.5. The van der Waals surface area contributed by atoms with Gasteiger partial charge in [-0.2, -0.15) is 0 Å². The maximum absolute atomic E-state index is 12.4. The van der Waals surface area contributed by atoms with Gasteiger partial charge < -0.3 is 10.6 Å². The predicted molar refractivity (Wildman–Crippen MR) is 135 cm³/mol. The van der Waals surface area contributed by atoms with Gasteiger partial charge >= 0.3 is 0 Å². The van der Waals surface area contributed by atoms with Gasteiger partial charge in [0.05, 0.1) is 17.0 Å². The number of rotatable bonds is 6. The lowest BCUT2D eigenvalue weighted by Crippen LogP contribution is -2.15. The van der Waals surface area contributed by atoms with E-state index in [4.69, 9.17) is 23.2 Å². The average Bonchev–Trinajstić information content (AvgIpc) is 2.81. The molecule has 33 heavy (non-hydrogen) atoms. The summed E-state index contributed by atoms with van der Waals surface area (Å²) in [5.74, 6) is -0.459. The van der Waals surface area contributed by atoms with E-state index in [1.54, 1.807) is 36.4 Å². The van der Waals surface area contributed by atoms with Gasteiger partial charge in [-0.15, -0.1) is 0 Å². The number of anilines is 2. The maximum Gasteiger partial charge on any atom is 0.257 e. The summed E-state index contributed by atoms with van der Waals surface area (Å²) in [6.07, 6.45) is 0.266. The van der Waals surface area contributed by atoms with Gasteiger partial charge in [0.15, 0.2) is 0 Å². The number of hydrogen-bond donors (Lipinski definition) is 2. The molecular formula is C27H20Cl2N2O2. The molecule has 0 unspecified atom stereocenters. The van der Waals surface area contributed by atoms with Crippen LogP contribution >= 0.6 is 23.2 Å². The molecule has 0 aromatic heterocycles. The van der Waals surface area contributed by atoms with Gasteiger partial charge in [-0.05, 0) is 59.2 Å². The summed E-state index contributed by atoms with van der Waals surface area (Å²) in [6.45, 7) is 0. The topological polar surface area (TPSA) is 58.2 Å². The number of halogens is 2. The van der Waals surface area contributed by atoms with Crippen molar-refractivity contribution in [3.8, 4) is 11.1 Å². The molecule has 0 saturated heterocycles. The maximum atomic E-state index is 12.4. The van der Waals surface area contributed by atoms with Crippen LogP contribution in [-0.2, 0) is 11.2 Å². The minimum Gasteiger partial charge on any atom is -0.326 e. The summed E-state index contributed by atoms with van der Waals surface area (Å²) in [6, 6.07) is 29.6. The third-order valence-electron chi connectivity index (χ3n) is 5.03. The van der Waals surface area contributed by atoms with E-state index in [0.717, 1.165) is 16.7 Å². The normalized spacial score (nSPS) is 10.5. The molecule has 0 fully saturated rings. The van der Waals surface area contributed by atoms with Crippen molar-refractivity contribution in [2.75, 3.05) is 10.6 Å². The third kappa shape index (κ3) is 6.01. The second-order valence-corrected chi connectivity index (χ2v) is 8.29. The summed E-state index contributed by atoms with van der Waals surface area (Å²) < 4.78 is 0. The largest absolute Gasteiger partial charge is 0.326 e. The Morgan fingerprint density at radius 2 is 1.27 bits per heavy atom. The van der Waals surface area contributed by atoms with Gasteiger partial charge in [0, 0.05) is 16.4 Å². The zero-order valence-corrected chi connectivity index (χ0v) is 19.0. The van der Waals surface area contributed by atoms with Gasteiger partial charge in [-0.3, -0.25) is 9.59 Å². The number of nitrogens with one attached hydrogen (secondary N) is 2.